The number of para-hydroxylation sites is 1. The van der Waals surface area contributed by atoms with Crippen LogP contribution in [0.25, 0.3) is 0 Å². The molecule has 0 spiro atoms. The molecule has 0 saturated carbocycles. The molecule has 0 saturated heterocycles. The number of ether oxygens (including phenoxy) is 1. The van der Waals surface area contributed by atoms with E-state index in [0.29, 0.717) is 17.9 Å². The first-order valence-electron chi connectivity index (χ1n) is 8.97. The highest BCUT2D eigenvalue weighted by Gasteiger charge is 2.15. The number of nitrogens with one attached hydrogen (secondary N) is 2. The number of methoxy groups -OCH3 is 1. The van der Waals surface area contributed by atoms with Crippen molar-refractivity contribution in [3.63, 3.8) is 0 Å². The Kier molecular flexibility index (Phi) is 7.82. The Labute approximate surface area is 161 Å². The summed E-state index contributed by atoms with van der Waals surface area (Å²) in [5, 5.41) is 2.83. The Morgan fingerprint density at radius 1 is 1.04 bits per heavy atom. The highest BCUT2D eigenvalue weighted by molar-refractivity contribution is 7.89. The van der Waals surface area contributed by atoms with Crippen LogP contribution >= 0.6 is 0 Å². The van der Waals surface area contributed by atoms with Gasteiger partial charge in [0.2, 0.25) is 10.0 Å². The number of hydrogen-bond acceptors (Lipinski definition) is 4. The third kappa shape index (κ3) is 6.08. The average Bonchev–Trinajstić information content (AvgIpc) is 2.70. The van der Waals surface area contributed by atoms with Crippen LogP contribution in [0.1, 0.15) is 42.1 Å². The molecule has 7 heteroatoms. The smallest absolute Gasteiger partial charge is 0.251 e. The number of amides is 1. The lowest BCUT2D eigenvalue weighted by Gasteiger charge is -2.11. The summed E-state index contributed by atoms with van der Waals surface area (Å²) in [4.78, 5) is 12.2. The molecular formula is C20H26N2O4S. The highest BCUT2D eigenvalue weighted by atomic mass is 32.2. The molecule has 0 heterocycles. The number of rotatable bonds is 10. The molecule has 0 radical (unpaired) electrons. The van der Waals surface area contributed by atoms with Gasteiger partial charge in [0, 0.05) is 24.2 Å². The largest absolute Gasteiger partial charge is 0.496 e. The van der Waals surface area contributed by atoms with Gasteiger partial charge in [-0.1, -0.05) is 38.0 Å². The first-order chi connectivity index (χ1) is 13.0. The molecule has 0 aliphatic heterocycles. The minimum Gasteiger partial charge on any atom is -0.496 e. The summed E-state index contributed by atoms with van der Waals surface area (Å²) in [6.07, 6.45) is 3.08. The maximum atomic E-state index is 12.5. The van der Waals surface area contributed by atoms with E-state index >= 15 is 0 Å². The zero-order valence-corrected chi connectivity index (χ0v) is 16.5. The number of carbonyl (C=O) groups excluding carboxylic acids is 1. The first-order valence-corrected chi connectivity index (χ1v) is 10.5. The van der Waals surface area contributed by atoms with Gasteiger partial charge in [-0.2, -0.15) is 0 Å². The second kappa shape index (κ2) is 10.1. The summed E-state index contributed by atoms with van der Waals surface area (Å²) in [6.45, 7) is 2.84. The maximum absolute atomic E-state index is 12.5. The second-order valence-corrected chi connectivity index (χ2v) is 7.89. The number of benzene rings is 2. The SMILES string of the molecule is CCCCCNC(=O)c1ccc(S(=O)(=O)NCc2ccccc2OC)cc1. The molecule has 2 aromatic carbocycles. The van der Waals surface area contributed by atoms with Crippen LogP contribution in [-0.4, -0.2) is 28.0 Å². The first kappa shape index (κ1) is 20.9. The van der Waals surface area contributed by atoms with E-state index in [9.17, 15) is 13.2 Å². The molecule has 146 valence electrons. The van der Waals surface area contributed by atoms with E-state index in [1.807, 2.05) is 12.1 Å². The Balaban J connectivity index is 1.99. The van der Waals surface area contributed by atoms with Gasteiger partial charge in [-0.25, -0.2) is 13.1 Å². The Bertz CT molecular complexity index is 849. The van der Waals surface area contributed by atoms with Crippen molar-refractivity contribution in [3.8, 4) is 5.75 Å². The molecule has 6 nitrogen and oxygen atoms in total. The number of sulfonamides is 1. The summed E-state index contributed by atoms with van der Waals surface area (Å²) in [5.74, 6) is 0.423. The molecule has 0 aliphatic carbocycles. The maximum Gasteiger partial charge on any atom is 0.251 e. The van der Waals surface area contributed by atoms with E-state index in [2.05, 4.69) is 17.0 Å². The van der Waals surface area contributed by atoms with E-state index in [0.717, 1.165) is 24.8 Å². The van der Waals surface area contributed by atoms with Gasteiger partial charge in [0.05, 0.1) is 12.0 Å². The van der Waals surface area contributed by atoms with Gasteiger partial charge in [-0.15, -0.1) is 0 Å². The second-order valence-electron chi connectivity index (χ2n) is 6.12. The quantitative estimate of drug-likeness (QED) is 0.611. The van der Waals surface area contributed by atoms with Gasteiger partial charge >= 0.3 is 0 Å². The lowest BCUT2D eigenvalue weighted by molar-refractivity contribution is 0.0953. The number of carbonyl (C=O) groups is 1. The zero-order valence-electron chi connectivity index (χ0n) is 15.7. The molecule has 0 bridgehead atoms. The zero-order chi connectivity index (χ0) is 19.7. The normalized spacial score (nSPS) is 11.2. The summed E-state index contributed by atoms with van der Waals surface area (Å²) in [7, 11) is -2.15. The van der Waals surface area contributed by atoms with E-state index in [-0.39, 0.29) is 17.3 Å². The van der Waals surface area contributed by atoms with Crippen molar-refractivity contribution in [2.75, 3.05) is 13.7 Å². The Morgan fingerprint density at radius 3 is 2.41 bits per heavy atom. The van der Waals surface area contributed by atoms with Crippen molar-refractivity contribution >= 4 is 15.9 Å². The molecule has 0 fully saturated rings. The van der Waals surface area contributed by atoms with E-state index in [1.54, 1.807) is 19.2 Å². The van der Waals surface area contributed by atoms with Crippen molar-refractivity contribution in [2.45, 2.75) is 37.6 Å². The predicted octanol–water partition coefficient (Wildman–Crippen LogP) is 3.09. The average molecular weight is 391 g/mol. The fourth-order valence-electron chi connectivity index (χ4n) is 2.57. The molecule has 1 amide bonds. The molecule has 2 aromatic rings. The Morgan fingerprint density at radius 2 is 1.74 bits per heavy atom. The molecule has 0 atom stereocenters. The van der Waals surface area contributed by atoms with Crippen LogP contribution in [0.3, 0.4) is 0 Å². The van der Waals surface area contributed by atoms with Gasteiger partial charge in [-0.05, 0) is 36.8 Å². The molecule has 0 unspecified atom stereocenters. The Hall–Kier alpha value is -2.38. The van der Waals surface area contributed by atoms with E-state index < -0.39 is 10.0 Å². The van der Waals surface area contributed by atoms with Crippen LogP contribution in [0.2, 0.25) is 0 Å². The van der Waals surface area contributed by atoms with Crippen LogP contribution < -0.4 is 14.8 Å². The van der Waals surface area contributed by atoms with Gasteiger partial charge < -0.3 is 10.1 Å². The summed E-state index contributed by atoms with van der Waals surface area (Å²) in [5.41, 5.74) is 1.18. The third-order valence-corrected chi connectivity index (χ3v) is 5.56. The monoisotopic (exact) mass is 390 g/mol. The molecule has 0 aromatic heterocycles. The number of hydrogen-bond donors (Lipinski definition) is 2. The summed E-state index contributed by atoms with van der Waals surface area (Å²) < 4.78 is 32.7. The van der Waals surface area contributed by atoms with Crippen LogP contribution in [-0.2, 0) is 16.6 Å². The minimum atomic E-state index is -3.69. The lowest BCUT2D eigenvalue weighted by atomic mass is 10.2. The number of unbranched alkanes of at least 4 members (excludes halogenated alkanes) is 2. The highest BCUT2D eigenvalue weighted by Crippen LogP contribution is 2.18. The fraction of sp³-hybridized carbons (Fsp3) is 0.350. The van der Waals surface area contributed by atoms with E-state index in [1.165, 1.54) is 24.3 Å². The molecule has 0 aliphatic rings. The topological polar surface area (TPSA) is 84.5 Å². The van der Waals surface area contributed by atoms with Crippen LogP contribution in [0.4, 0.5) is 0 Å². The van der Waals surface area contributed by atoms with Crippen LogP contribution in [0.15, 0.2) is 53.4 Å². The van der Waals surface area contributed by atoms with Crippen LogP contribution in [0.5, 0.6) is 5.75 Å². The van der Waals surface area contributed by atoms with Crippen molar-refractivity contribution in [1.29, 1.82) is 0 Å². The molecular weight excluding hydrogens is 364 g/mol. The minimum absolute atomic E-state index is 0.111. The molecule has 2 rings (SSSR count). The van der Waals surface area contributed by atoms with Gasteiger partial charge in [0.15, 0.2) is 0 Å². The van der Waals surface area contributed by atoms with Gasteiger partial charge in [-0.3, -0.25) is 4.79 Å². The fourth-order valence-corrected chi connectivity index (χ4v) is 3.58. The molecule has 27 heavy (non-hydrogen) atoms. The van der Waals surface area contributed by atoms with Crippen molar-refractivity contribution in [3.05, 3.63) is 59.7 Å². The summed E-state index contributed by atoms with van der Waals surface area (Å²) >= 11 is 0. The molecule has 2 N–H and O–H groups in total. The third-order valence-electron chi connectivity index (χ3n) is 4.14. The van der Waals surface area contributed by atoms with Crippen molar-refractivity contribution < 1.29 is 17.9 Å². The summed E-state index contributed by atoms with van der Waals surface area (Å²) in [6, 6.07) is 13.1. The van der Waals surface area contributed by atoms with Crippen LogP contribution in [0, 0.1) is 0 Å². The standard InChI is InChI=1S/C20H26N2O4S/c1-3-4-7-14-21-20(23)16-10-12-18(13-11-16)27(24,25)22-15-17-8-5-6-9-19(17)26-2/h5-6,8-13,22H,3-4,7,14-15H2,1-2H3,(H,21,23). The van der Waals surface area contributed by atoms with Crippen molar-refractivity contribution in [2.24, 2.45) is 0 Å². The van der Waals surface area contributed by atoms with Gasteiger partial charge in [0.1, 0.15) is 5.75 Å². The lowest BCUT2D eigenvalue weighted by Crippen LogP contribution is -2.25. The van der Waals surface area contributed by atoms with E-state index in [4.69, 9.17) is 4.74 Å². The van der Waals surface area contributed by atoms with Gasteiger partial charge in [0.25, 0.3) is 5.91 Å². The van der Waals surface area contributed by atoms with Crippen molar-refractivity contribution in [1.82, 2.24) is 10.0 Å². The predicted molar refractivity (Wildman–Crippen MR) is 105 cm³/mol.